The van der Waals surface area contributed by atoms with Crippen LogP contribution in [0.25, 0.3) is 0 Å². The molecule has 2 aromatic heterocycles. The van der Waals surface area contributed by atoms with E-state index in [0.29, 0.717) is 16.8 Å². The molecule has 5 nitrogen and oxygen atoms in total. The number of nitrogens with one attached hydrogen (secondary N) is 2. The Morgan fingerprint density at radius 2 is 2.14 bits per heavy atom. The number of thiophene rings is 1. The second kappa shape index (κ2) is 6.87. The van der Waals surface area contributed by atoms with Gasteiger partial charge in [-0.05, 0) is 57.7 Å². The standard InChI is InChI=1S/C13H16BrN3O2S2/c1-3-15-13-12(4-11(14)6-16-13)21(18,19)17-5-10-8-20-7-9(10)2/h4,6-8,17H,3,5H2,1-2H3,(H,15,16). The van der Waals surface area contributed by atoms with Crippen molar-refractivity contribution in [3.05, 3.63) is 38.6 Å². The number of aromatic nitrogens is 1. The third kappa shape index (κ3) is 4.03. The molecule has 0 aliphatic rings. The van der Waals surface area contributed by atoms with Crippen molar-refractivity contribution < 1.29 is 8.42 Å². The number of nitrogens with zero attached hydrogens (tertiary/aromatic N) is 1. The van der Waals surface area contributed by atoms with Gasteiger partial charge in [0.25, 0.3) is 0 Å². The lowest BCUT2D eigenvalue weighted by atomic mass is 10.2. The summed E-state index contributed by atoms with van der Waals surface area (Å²) in [6, 6.07) is 1.55. The number of halogens is 1. The molecule has 2 rings (SSSR count). The molecule has 8 heteroatoms. The van der Waals surface area contributed by atoms with Crippen LogP contribution >= 0.6 is 27.3 Å². The maximum atomic E-state index is 12.5. The number of hydrogen-bond acceptors (Lipinski definition) is 5. The molecule has 0 aliphatic carbocycles. The molecule has 114 valence electrons. The van der Waals surface area contributed by atoms with Crippen LogP contribution in [0.5, 0.6) is 0 Å². The first-order valence-corrected chi connectivity index (χ1v) is 9.56. The van der Waals surface area contributed by atoms with Gasteiger partial charge >= 0.3 is 0 Å². The van der Waals surface area contributed by atoms with Gasteiger partial charge in [0.1, 0.15) is 10.7 Å². The smallest absolute Gasteiger partial charge is 0.244 e. The van der Waals surface area contributed by atoms with Gasteiger partial charge in [-0.15, -0.1) is 0 Å². The highest BCUT2D eigenvalue weighted by Gasteiger charge is 2.20. The van der Waals surface area contributed by atoms with Gasteiger partial charge in [-0.2, -0.15) is 11.3 Å². The minimum Gasteiger partial charge on any atom is -0.369 e. The van der Waals surface area contributed by atoms with E-state index in [1.807, 2.05) is 24.6 Å². The summed E-state index contributed by atoms with van der Waals surface area (Å²) in [6.45, 7) is 4.73. The first kappa shape index (κ1) is 16.4. The highest BCUT2D eigenvalue weighted by Crippen LogP contribution is 2.23. The third-order valence-electron chi connectivity index (χ3n) is 2.87. The molecule has 0 atom stereocenters. The Labute approximate surface area is 137 Å². The van der Waals surface area contributed by atoms with Gasteiger partial charge in [-0.3, -0.25) is 0 Å². The Kier molecular flexibility index (Phi) is 5.37. The molecule has 0 spiro atoms. The summed E-state index contributed by atoms with van der Waals surface area (Å²) < 4.78 is 28.2. The lowest BCUT2D eigenvalue weighted by molar-refractivity contribution is 0.581. The van der Waals surface area contributed by atoms with E-state index in [-0.39, 0.29) is 11.4 Å². The molecule has 2 N–H and O–H groups in total. The number of hydrogen-bond donors (Lipinski definition) is 2. The van der Waals surface area contributed by atoms with E-state index in [9.17, 15) is 8.42 Å². The normalized spacial score (nSPS) is 11.6. The average Bonchev–Trinajstić information content (AvgIpc) is 2.84. The van der Waals surface area contributed by atoms with Crippen molar-refractivity contribution in [2.75, 3.05) is 11.9 Å². The number of rotatable bonds is 6. The van der Waals surface area contributed by atoms with E-state index in [0.717, 1.165) is 11.1 Å². The van der Waals surface area contributed by atoms with E-state index in [4.69, 9.17) is 0 Å². The Morgan fingerprint density at radius 1 is 1.38 bits per heavy atom. The molecule has 0 saturated heterocycles. The minimum atomic E-state index is -3.63. The molecular weight excluding hydrogens is 374 g/mol. The van der Waals surface area contributed by atoms with Gasteiger partial charge in [0, 0.05) is 23.8 Å². The highest BCUT2D eigenvalue weighted by molar-refractivity contribution is 9.10. The molecule has 0 bridgehead atoms. The molecule has 0 unspecified atom stereocenters. The zero-order valence-corrected chi connectivity index (χ0v) is 14.9. The fraction of sp³-hybridized carbons (Fsp3) is 0.308. The molecular formula is C13H16BrN3O2S2. The molecule has 0 saturated carbocycles. The van der Waals surface area contributed by atoms with Gasteiger partial charge in [0.15, 0.2) is 0 Å². The van der Waals surface area contributed by atoms with Gasteiger partial charge < -0.3 is 5.32 Å². The van der Waals surface area contributed by atoms with Gasteiger partial charge in [0.05, 0.1) is 0 Å². The van der Waals surface area contributed by atoms with Crippen molar-refractivity contribution in [3.63, 3.8) is 0 Å². The second-order valence-corrected chi connectivity index (χ2v) is 7.83. The third-order valence-corrected chi connectivity index (χ3v) is 5.63. The summed E-state index contributed by atoms with van der Waals surface area (Å²) in [5.74, 6) is 0.357. The van der Waals surface area contributed by atoms with Crippen molar-refractivity contribution in [3.8, 4) is 0 Å². The van der Waals surface area contributed by atoms with Crippen LogP contribution in [0.15, 0.2) is 32.4 Å². The number of anilines is 1. The maximum absolute atomic E-state index is 12.5. The van der Waals surface area contributed by atoms with Crippen LogP contribution in [-0.4, -0.2) is 19.9 Å². The van der Waals surface area contributed by atoms with Crippen LogP contribution in [0.3, 0.4) is 0 Å². The summed E-state index contributed by atoms with van der Waals surface area (Å²) >= 11 is 4.82. The number of aryl methyl sites for hydroxylation is 1. The Hall–Kier alpha value is -0.960. The molecule has 0 aromatic carbocycles. The Morgan fingerprint density at radius 3 is 2.76 bits per heavy atom. The van der Waals surface area contributed by atoms with Crippen LogP contribution in [0, 0.1) is 6.92 Å². The minimum absolute atomic E-state index is 0.145. The van der Waals surface area contributed by atoms with Crippen molar-refractivity contribution in [1.82, 2.24) is 9.71 Å². The summed E-state index contributed by atoms with van der Waals surface area (Å²) in [5, 5.41) is 6.91. The van der Waals surface area contributed by atoms with Crippen LogP contribution in [0.4, 0.5) is 5.82 Å². The van der Waals surface area contributed by atoms with E-state index < -0.39 is 10.0 Å². The molecule has 2 heterocycles. The van der Waals surface area contributed by atoms with E-state index in [1.54, 1.807) is 23.6 Å². The van der Waals surface area contributed by atoms with E-state index in [1.165, 1.54) is 0 Å². The fourth-order valence-electron chi connectivity index (χ4n) is 1.74. The van der Waals surface area contributed by atoms with Crippen LogP contribution in [0.2, 0.25) is 0 Å². The Bertz CT molecular complexity index is 729. The molecule has 0 fully saturated rings. The fourth-order valence-corrected chi connectivity index (χ4v) is 4.25. The van der Waals surface area contributed by atoms with Crippen LogP contribution < -0.4 is 10.0 Å². The average molecular weight is 390 g/mol. The zero-order chi connectivity index (χ0) is 15.5. The lowest BCUT2D eigenvalue weighted by Gasteiger charge is -2.12. The number of sulfonamides is 1. The molecule has 0 radical (unpaired) electrons. The maximum Gasteiger partial charge on any atom is 0.244 e. The lowest BCUT2D eigenvalue weighted by Crippen LogP contribution is -2.24. The topological polar surface area (TPSA) is 71.1 Å². The largest absolute Gasteiger partial charge is 0.369 e. The first-order valence-electron chi connectivity index (χ1n) is 6.34. The van der Waals surface area contributed by atoms with Crippen LogP contribution in [-0.2, 0) is 16.6 Å². The Balaban J connectivity index is 2.26. The summed E-state index contributed by atoms with van der Waals surface area (Å²) in [6.07, 6.45) is 1.57. The number of pyridine rings is 1. The SMILES string of the molecule is CCNc1ncc(Br)cc1S(=O)(=O)NCc1cscc1C. The zero-order valence-electron chi connectivity index (χ0n) is 11.7. The molecule has 0 amide bonds. The predicted octanol–water partition coefficient (Wildman–Crippen LogP) is 3.12. The second-order valence-electron chi connectivity index (χ2n) is 4.44. The van der Waals surface area contributed by atoms with Crippen molar-refractivity contribution in [2.45, 2.75) is 25.3 Å². The summed E-state index contributed by atoms with van der Waals surface area (Å²) in [5.41, 5.74) is 2.07. The van der Waals surface area contributed by atoms with Crippen molar-refractivity contribution in [1.29, 1.82) is 0 Å². The predicted molar refractivity (Wildman–Crippen MR) is 89.2 cm³/mol. The highest BCUT2D eigenvalue weighted by atomic mass is 79.9. The van der Waals surface area contributed by atoms with Gasteiger partial charge in [0.2, 0.25) is 10.0 Å². The monoisotopic (exact) mass is 389 g/mol. The molecule has 2 aromatic rings. The van der Waals surface area contributed by atoms with Crippen molar-refractivity contribution >= 4 is 43.1 Å². The summed E-state index contributed by atoms with van der Waals surface area (Å²) in [4.78, 5) is 4.27. The van der Waals surface area contributed by atoms with Gasteiger partial charge in [-0.1, -0.05) is 0 Å². The van der Waals surface area contributed by atoms with Crippen LogP contribution in [0.1, 0.15) is 18.1 Å². The van der Waals surface area contributed by atoms with Crippen molar-refractivity contribution in [2.24, 2.45) is 0 Å². The molecule has 0 aliphatic heterocycles. The summed E-state index contributed by atoms with van der Waals surface area (Å²) in [7, 11) is -3.63. The van der Waals surface area contributed by atoms with Gasteiger partial charge in [-0.25, -0.2) is 18.1 Å². The van der Waals surface area contributed by atoms with E-state index >= 15 is 0 Å². The molecule has 21 heavy (non-hydrogen) atoms. The van der Waals surface area contributed by atoms with E-state index in [2.05, 4.69) is 31.0 Å². The quantitative estimate of drug-likeness (QED) is 0.795. The first-order chi connectivity index (χ1) is 9.94.